The third kappa shape index (κ3) is 4.43. The standard InChI is InChI=1S/C18H22N2O/c1-2-3-9-17(19)18(21)20-16-12-10-15(11-13-16)14-7-5-4-6-8-14/h4-8,10-13,17H,2-3,9,19H2,1H3,(H,20,21). The highest BCUT2D eigenvalue weighted by atomic mass is 16.2. The van der Waals surface area contributed by atoms with Crippen LogP contribution in [-0.2, 0) is 4.79 Å². The number of anilines is 1. The summed E-state index contributed by atoms with van der Waals surface area (Å²) in [5, 5.41) is 2.87. The van der Waals surface area contributed by atoms with E-state index < -0.39 is 6.04 Å². The van der Waals surface area contributed by atoms with Crippen LogP contribution in [0.4, 0.5) is 5.69 Å². The highest BCUT2D eigenvalue weighted by Gasteiger charge is 2.12. The maximum atomic E-state index is 11.9. The Bertz CT molecular complexity index is 564. The minimum atomic E-state index is -0.432. The van der Waals surface area contributed by atoms with Crippen molar-refractivity contribution in [3.63, 3.8) is 0 Å². The van der Waals surface area contributed by atoms with Gasteiger partial charge in [-0.25, -0.2) is 0 Å². The summed E-state index contributed by atoms with van der Waals surface area (Å²) in [6, 6.07) is 17.5. The Morgan fingerprint density at radius 1 is 1.05 bits per heavy atom. The predicted octanol–water partition coefficient (Wildman–Crippen LogP) is 3.81. The molecule has 2 aromatic carbocycles. The second kappa shape index (κ2) is 7.60. The summed E-state index contributed by atoms with van der Waals surface area (Å²) in [5.41, 5.74) is 8.93. The molecule has 0 bridgehead atoms. The topological polar surface area (TPSA) is 55.1 Å². The lowest BCUT2D eigenvalue weighted by Crippen LogP contribution is -2.35. The van der Waals surface area contributed by atoms with Crippen LogP contribution in [0, 0.1) is 0 Å². The molecular weight excluding hydrogens is 260 g/mol. The van der Waals surface area contributed by atoms with Crippen LogP contribution in [0.1, 0.15) is 26.2 Å². The molecule has 0 saturated carbocycles. The van der Waals surface area contributed by atoms with Gasteiger partial charge in [0, 0.05) is 5.69 Å². The first-order chi connectivity index (χ1) is 10.2. The number of amides is 1. The first-order valence-electron chi connectivity index (χ1n) is 7.42. The molecule has 0 aromatic heterocycles. The normalized spacial score (nSPS) is 11.9. The van der Waals surface area contributed by atoms with Crippen molar-refractivity contribution >= 4 is 11.6 Å². The molecule has 0 aliphatic heterocycles. The number of benzene rings is 2. The molecule has 3 nitrogen and oxygen atoms in total. The van der Waals surface area contributed by atoms with Crippen molar-refractivity contribution in [2.24, 2.45) is 5.73 Å². The van der Waals surface area contributed by atoms with Crippen LogP contribution < -0.4 is 11.1 Å². The molecule has 0 saturated heterocycles. The molecule has 2 aromatic rings. The lowest BCUT2D eigenvalue weighted by Gasteiger charge is -2.12. The molecule has 0 spiro atoms. The maximum Gasteiger partial charge on any atom is 0.241 e. The maximum absolute atomic E-state index is 11.9. The molecule has 1 unspecified atom stereocenters. The van der Waals surface area contributed by atoms with Crippen LogP contribution in [0.2, 0.25) is 0 Å². The van der Waals surface area contributed by atoms with E-state index in [-0.39, 0.29) is 5.91 Å². The number of hydrogen-bond acceptors (Lipinski definition) is 2. The molecule has 3 N–H and O–H groups in total. The smallest absolute Gasteiger partial charge is 0.241 e. The lowest BCUT2D eigenvalue weighted by atomic mass is 10.1. The molecule has 0 fully saturated rings. The van der Waals surface area contributed by atoms with Crippen LogP contribution in [-0.4, -0.2) is 11.9 Å². The monoisotopic (exact) mass is 282 g/mol. The molecule has 0 heterocycles. The zero-order chi connectivity index (χ0) is 15.1. The predicted molar refractivity (Wildman–Crippen MR) is 88.0 cm³/mol. The Balaban J connectivity index is 1.98. The average Bonchev–Trinajstić information content (AvgIpc) is 2.54. The average molecular weight is 282 g/mol. The fourth-order valence-electron chi connectivity index (χ4n) is 2.17. The summed E-state index contributed by atoms with van der Waals surface area (Å²) in [6.45, 7) is 2.09. The summed E-state index contributed by atoms with van der Waals surface area (Å²) < 4.78 is 0. The van der Waals surface area contributed by atoms with Gasteiger partial charge in [0.2, 0.25) is 5.91 Å². The van der Waals surface area contributed by atoms with Gasteiger partial charge in [-0.15, -0.1) is 0 Å². The van der Waals surface area contributed by atoms with Crippen LogP contribution in [0.25, 0.3) is 11.1 Å². The number of nitrogens with one attached hydrogen (secondary N) is 1. The summed E-state index contributed by atoms with van der Waals surface area (Å²) >= 11 is 0. The Morgan fingerprint density at radius 2 is 1.67 bits per heavy atom. The molecule has 1 amide bonds. The Hall–Kier alpha value is -2.13. The van der Waals surface area contributed by atoms with Crippen molar-refractivity contribution in [1.82, 2.24) is 0 Å². The van der Waals surface area contributed by atoms with Gasteiger partial charge in [0.05, 0.1) is 6.04 Å². The number of rotatable bonds is 6. The van der Waals surface area contributed by atoms with E-state index in [0.717, 1.165) is 36.1 Å². The first kappa shape index (κ1) is 15.3. The molecule has 1 atom stereocenters. The Kier molecular flexibility index (Phi) is 5.52. The van der Waals surface area contributed by atoms with Crippen molar-refractivity contribution in [2.45, 2.75) is 32.2 Å². The molecule has 0 aliphatic carbocycles. The number of carbonyl (C=O) groups excluding carboxylic acids is 1. The van der Waals surface area contributed by atoms with E-state index in [9.17, 15) is 4.79 Å². The van der Waals surface area contributed by atoms with Crippen molar-refractivity contribution in [3.8, 4) is 11.1 Å². The first-order valence-corrected chi connectivity index (χ1v) is 7.42. The van der Waals surface area contributed by atoms with Gasteiger partial charge in [-0.3, -0.25) is 4.79 Å². The third-order valence-electron chi connectivity index (χ3n) is 3.47. The zero-order valence-corrected chi connectivity index (χ0v) is 12.4. The highest BCUT2D eigenvalue weighted by Crippen LogP contribution is 2.21. The fraction of sp³-hybridized carbons (Fsp3) is 0.278. The molecule has 0 radical (unpaired) electrons. The Labute approximate surface area is 126 Å². The molecule has 21 heavy (non-hydrogen) atoms. The van der Waals surface area contributed by atoms with Crippen LogP contribution in [0.5, 0.6) is 0 Å². The van der Waals surface area contributed by atoms with E-state index in [0.29, 0.717) is 0 Å². The summed E-state index contributed by atoms with van der Waals surface area (Å²) in [4.78, 5) is 11.9. The summed E-state index contributed by atoms with van der Waals surface area (Å²) in [6.07, 6.45) is 2.75. The van der Waals surface area contributed by atoms with E-state index in [4.69, 9.17) is 5.73 Å². The summed E-state index contributed by atoms with van der Waals surface area (Å²) in [5.74, 6) is -0.115. The van der Waals surface area contributed by atoms with Gasteiger partial charge in [0.1, 0.15) is 0 Å². The minimum absolute atomic E-state index is 0.115. The van der Waals surface area contributed by atoms with E-state index in [1.165, 1.54) is 0 Å². The van der Waals surface area contributed by atoms with Crippen molar-refractivity contribution < 1.29 is 4.79 Å². The largest absolute Gasteiger partial charge is 0.325 e. The van der Waals surface area contributed by atoms with Crippen molar-refractivity contribution in [3.05, 3.63) is 54.6 Å². The highest BCUT2D eigenvalue weighted by molar-refractivity contribution is 5.94. The van der Waals surface area contributed by atoms with Gasteiger partial charge < -0.3 is 11.1 Å². The second-order valence-corrected chi connectivity index (χ2v) is 5.18. The number of carbonyl (C=O) groups is 1. The van der Waals surface area contributed by atoms with Gasteiger partial charge >= 0.3 is 0 Å². The van der Waals surface area contributed by atoms with E-state index in [2.05, 4.69) is 24.4 Å². The quantitative estimate of drug-likeness (QED) is 0.846. The van der Waals surface area contributed by atoms with E-state index in [1.807, 2.05) is 42.5 Å². The van der Waals surface area contributed by atoms with Gasteiger partial charge in [0.15, 0.2) is 0 Å². The second-order valence-electron chi connectivity index (χ2n) is 5.18. The number of unbranched alkanes of at least 4 members (excludes halogenated alkanes) is 1. The third-order valence-corrected chi connectivity index (χ3v) is 3.47. The fourth-order valence-corrected chi connectivity index (χ4v) is 2.17. The molecule has 110 valence electrons. The minimum Gasteiger partial charge on any atom is -0.325 e. The summed E-state index contributed by atoms with van der Waals surface area (Å²) in [7, 11) is 0. The molecule has 2 rings (SSSR count). The number of nitrogens with two attached hydrogens (primary N) is 1. The molecule has 3 heteroatoms. The van der Waals surface area contributed by atoms with Gasteiger partial charge in [-0.2, -0.15) is 0 Å². The van der Waals surface area contributed by atoms with Gasteiger partial charge in [-0.1, -0.05) is 62.2 Å². The van der Waals surface area contributed by atoms with E-state index in [1.54, 1.807) is 0 Å². The lowest BCUT2D eigenvalue weighted by molar-refractivity contribution is -0.117. The molecule has 0 aliphatic rings. The Morgan fingerprint density at radius 3 is 2.29 bits per heavy atom. The van der Waals surface area contributed by atoms with Crippen LogP contribution in [0.15, 0.2) is 54.6 Å². The van der Waals surface area contributed by atoms with Gasteiger partial charge in [0.25, 0.3) is 0 Å². The molecular formula is C18H22N2O. The van der Waals surface area contributed by atoms with E-state index >= 15 is 0 Å². The zero-order valence-electron chi connectivity index (χ0n) is 12.4. The number of hydrogen-bond donors (Lipinski definition) is 2. The van der Waals surface area contributed by atoms with Crippen LogP contribution in [0.3, 0.4) is 0 Å². The van der Waals surface area contributed by atoms with Crippen molar-refractivity contribution in [2.75, 3.05) is 5.32 Å². The van der Waals surface area contributed by atoms with Crippen LogP contribution >= 0.6 is 0 Å². The SMILES string of the molecule is CCCCC(N)C(=O)Nc1ccc(-c2ccccc2)cc1. The van der Waals surface area contributed by atoms with Crippen molar-refractivity contribution in [1.29, 1.82) is 0 Å². The van der Waals surface area contributed by atoms with Gasteiger partial charge in [-0.05, 0) is 29.7 Å².